The average Bonchev–Trinajstić information content (AvgIpc) is 3.37. The number of benzene rings is 1. The van der Waals surface area contributed by atoms with E-state index in [-0.39, 0.29) is 5.84 Å². The molecule has 1 aromatic carbocycles. The van der Waals surface area contributed by atoms with E-state index in [1.54, 1.807) is 0 Å². The predicted molar refractivity (Wildman–Crippen MR) is 79.6 cm³/mol. The highest BCUT2D eigenvalue weighted by Crippen LogP contribution is 2.48. The third-order valence-electron chi connectivity index (χ3n) is 4.52. The second-order valence-corrected chi connectivity index (χ2v) is 6.15. The molecule has 2 aliphatic rings. The van der Waals surface area contributed by atoms with Crippen LogP contribution in [0.5, 0.6) is 0 Å². The number of oxime groups is 1. The molecule has 4 heteroatoms. The average molecular weight is 273 g/mol. The van der Waals surface area contributed by atoms with E-state index < -0.39 is 0 Å². The Morgan fingerprint density at radius 3 is 2.30 bits per heavy atom. The van der Waals surface area contributed by atoms with Crippen molar-refractivity contribution in [1.29, 1.82) is 0 Å². The third-order valence-corrected chi connectivity index (χ3v) is 4.52. The molecule has 0 atom stereocenters. The van der Waals surface area contributed by atoms with Crippen LogP contribution in [0.4, 0.5) is 0 Å². The second kappa shape index (κ2) is 5.83. The molecule has 0 spiro atoms. The summed E-state index contributed by atoms with van der Waals surface area (Å²) in [5.41, 5.74) is 7.54. The standard InChI is InChI=1S/C16H23N3O/c17-16(19-20)14-3-1-11(2-4-14)9-18-10-15(12-5-6-12)13-7-8-13/h1-4,12-13,15,18,20H,5-10H2,(H2,17,19). The molecule has 20 heavy (non-hydrogen) atoms. The molecule has 0 aromatic heterocycles. The largest absolute Gasteiger partial charge is 0.409 e. The fourth-order valence-corrected chi connectivity index (χ4v) is 3.00. The number of nitrogens with zero attached hydrogens (tertiary/aromatic N) is 1. The van der Waals surface area contributed by atoms with Crippen LogP contribution in [0.2, 0.25) is 0 Å². The normalized spacial score (nSPS) is 19.6. The van der Waals surface area contributed by atoms with Gasteiger partial charge in [0.15, 0.2) is 5.84 Å². The summed E-state index contributed by atoms with van der Waals surface area (Å²) in [7, 11) is 0. The number of nitrogens with two attached hydrogens (primary N) is 1. The van der Waals surface area contributed by atoms with E-state index in [4.69, 9.17) is 10.9 Å². The Kier molecular flexibility index (Phi) is 3.92. The highest BCUT2D eigenvalue weighted by atomic mass is 16.4. The van der Waals surface area contributed by atoms with Crippen molar-refractivity contribution in [1.82, 2.24) is 5.32 Å². The molecule has 3 rings (SSSR count). The van der Waals surface area contributed by atoms with E-state index in [0.29, 0.717) is 0 Å². The van der Waals surface area contributed by atoms with E-state index in [9.17, 15) is 0 Å². The van der Waals surface area contributed by atoms with Crippen molar-refractivity contribution < 1.29 is 5.21 Å². The van der Waals surface area contributed by atoms with Gasteiger partial charge in [-0.15, -0.1) is 0 Å². The first-order valence-electron chi connectivity index (χ1n) is 7.55. The molecule has 4 nitrogen and oxygen atoms in total. The van der Waals surface area contributed by atoms with Gasteiger partial charge in [-0.25, -0.2) is 0 Å². The van der Waals surface area contributed by atoms with Crippen LogP contribution >= 0.6 is 0 Å². The number of hydrogen-bond acceptors (Lipinski definition) is 3. The van der Waals surface area contributed by atoms with Gasteiger partial charge in [0.25, 0.3) is 0 Å². The maximum absolute atomic E-state index is 8.63. The Labute approximate surface area is 120 Å². The van der Waals surface area contributed by atoms with Crippen LogP contribution in [0.15, 0.2) is 29.4 Å². The molecule has 0 unspecified atom stereocenters. The second-order valence-electron chi connectivity index (χ2n) is 6.15. The maximum atomic E-state index is 8.63. The Morgan fingerprint density at radius 1 is 1.20 bits per heavy atom. The van der Waals surface area contributed by atoms with Crippen LogP contribution in [-0.2, 0) is 6.54 Å². The molecule has 2 aliphatic carbocycles. The van der Waals surface area contributed by atoms with E-state index >= 15 is 0 Å². The molecular formula is C16H23N3O. The van der Waals surface area contributed by atoms with Crippen LogP contribution in [0.1, 0.15) is 36.8 Å². The predicted octanol–water partition coefficient (Wildman–Crippen LogP) is 2.31. The summed E-state index contributed by atoms with van der Waals surface area (Å²) in [6, 6.07) is 7.85. The first-order chi connectivity index (χ1) is 9.78. The lowest BCUT2D eigenvalue weighted by atomic mass is 9.98. The van der Waals surface area contributed by atoms with Crippen molar-refractivity contribution in [2.45, 2.75) is 32.2 Å². The molecule has 0 bridgehead atoms. The van der Waals surface area contributed by atoms with Crippen LogP contribution in [0.3, 0.4) is 0 Å². The summed E-state index contributed by atoms with van der Waals surface area (Å²) in [6.45, 7) is 2.05. The lowest BCUT2D eigenvalue weighted by Crippen LogP contribution is -2.25. The molecule has 0 heterocycles. The van der Waals surface area contributed by atoms with Crippen LogP contribution in [0, 0.1) is 17.8 Å². The topological polar surface area (TPSA) is 70.6 Å². The van der Waals surface area contributed by atoms with Crippen molar-refractivity contribution in [2.24, 2.45) is 28.6 Å². The number of amidine groups is 1. The summed E-state index contributed by atoms with van der Waals surface area (Å²) in [6.07, 6.45) is 5.77. The first kappa shape index (κ1) is 13.4. The molecule has 0 radical (unpaired) electrons. The highest BCUT2D eigenvalue weighted by molar-refractivity contribution is 5.96. The quantitative estimate of drug-likeness (QED) is 0.309. The minimum absolute atomic E-state index is 0.159. The van der Waals surface area contributed by atoms with Crippen molar-refractivity contribution in [2.75, 3.05) is 6.54 Å². The van der Waals surface area contributed by atoms with Crippen molar-refractivity contribution >= 4 is 5.84 Å². The monoisotopic (exact) mass is 273 g/mol. The van der Waals surface area contributed by atoms with Gasteiger partial charge < -0.3 is 16.3 Å². The molecule has 0 amide bonds. The van der Waals surface area contributed by atoms with Gasteiger partial charge in [0.2, 0.25) is 0 Å². The van der Waals surface area contributed by atoms with Gasteiger partial charge in [-0.1, -0.05) is 29.4 Å². The number of nitrogens with one attached hydrogen (secondary N) is 1. The van der Waals surface area contributed by atoms with Crippen molar-refractivity contribution in [3.8, 4) is 0 Å². The van der Waals surface area contributed by atoms with Crippen molar-refractivity contribution in [3.05, 3.63) is 35.4 Å². The van der Waals surface area contributed by atoms with Gasteiger partial charge in [-0.2, -0.15) is 0 Å². The van der Waals surface area contributed by atoms with Gasteiger partial charge >= 0.3 is 0 Å². The minimum Gasteiger partial charge on any atom is -0.409 e. The van der Waals surface area contributed by atoms with Gasteiger partial charge in [0.1, 0.15) is 0 Å². The minimum atomic E-state index is 0.159. The van der Waals surface area contributed by atoms with Crippen LogP contribution in [-0.4, -0.2) is 17.6 Å². The fraction of sp³-hybridized carbons (Fsp3) is 0.562. The lowest BCUT2D eigenvalue weighted by molar-refractivity contribution is 0.318. The highest BCUT2D eigenvalue weighted by Gasteiger charge is 2.40. The zero-order chi connectivity index (χ0) is 13.9. The summed E-state index contributed by atoms with van der Waals surface area (Å²) in [5.74, 6) is 3.06. The first-order valence-corrected chi connectivity index (χ1v) is 7.55. The van der Waals surface area contributed by atoms with Gasteiger partial charge in [0.05, 0.1) is 0 Å². The zero-order valence-electron chi connectivity index (χ0n) is 11.8. The zero-order valence-corrected chi connectivity index (χ0v) is 11.8. The van der Waals surface area contributed by atoms with E-state index in [1.165, 1.54) is 31.2 Å². The van der Waals surface area contributed by atoms with Crippen LogP contribution < -0.4 is 11.1 Å². The molecule has 0 aliphatic heterocycles. The Balaban J connectivity index is 1.48. The van der Waals surface area contributed by atoms with Gasteiger partial charge in [-0.05, 0) is 55.5 Å². The van der Waals surface area contributed by atoms with E-state index in [1.807, 2.05) is 24.3 Å². The molecule has 1 aromatic rings. The van der Waals surface area contributed by atoms with Gasteiger partial charge in [-0.3, -0.25) is 0 Å². The Bertz CT molecular complexity index is 463. The van der Waals surface area contributed by atoms with E-state index in [0.717, 1.165) is 36.4 Å². The summed E-state index contributed by atoms with van der Waals surface area (Å²) in [4.78, 5) is 0. The van der Waals surface area contributed by atoms with Crippen LogP contribution in [0.25, 0.3) is 0 Å². The number of hydrogen-bond donors (Lipinski definition) is 3. The number of rotatable bonds is 7. The summed E-state index contributed by atoms with van der Waals surface area (Å²) < 4.78 is 0. The summed E-state index contributed by atoms with van der Waals surface area (Å²) >= 11 is 0. The smallest absolute Gasteiger partial charge is 0.170 e. The third kappa shape index (κ3) is 3.31. The molecular weight excluding hydrogens is 250 g/mol. The Hall–Kier alpha value is -1.55. The molecule has 2 saturated carbocycles. The SMILES string of the molecule is NC(=NO)c1ccc(CNCC(C2CC2)C2CC2)cc1. The molecule has 108 valence electrons. The lowest BCUT2D eigenvalue weighted by Gasteiger charge is -2.16. The molecule has 4 N–H and O–H groups in total. The molecule has 2 fully saturated rings. The van der Waals surface area contributed by atoms with Gasteiger partial charge in [0, 0.05) is 12.1 Å². The van der Waals surface area contributed by atoms with E-state index in [2.05, 4.69) is 10.5 Å². The maximum Gasteiger partial charge on any atom is 0.170 e. The molecule has 0 saturated heterocycles. The fourth-order valence-electron chi connectivity index (χ4n) is 3.00. The van der Waals surface area contributed by atoms with Crippen molar-refractivity contribution in [3.63, 3.8) is 0 Å². The summed E-state index contributed by atoms with van der Waals surface area (Å²) in [5, 5.41) is 15.2. The Morgan fingerprint density at radius 2 is 1.80 bits per heavy atom.